The molecular weight excluding hydrogens is 204 g/mol. The van der Waals surface area contributed by atoms with E-state index in [4.69, 9.17) is 5.73 Å². The van der Waals surface area contributed by atoms with Gasteiger partial charge in [-0.05, 0) is 18.8 Å². The van der Waals surface area contributed by atoms with Crippen LogP contribution < -0.4 is 5.73 Å². The van der Waals surface area contributed by atoms with Gasteiger partial charge < -0.3 is 10.6 Å². The van der Waals surface area contributed by atoms with Crippen molar-refractivity contribution in [2.24, 2.45) is 5.92 Å². The first-order valence-electron chi connectivity index (χ1n) is 5.80. The van der Waals surface area contributed by atoms with E-state index >= 15 is 0 Å². The molecule has 1 amide bonds. The van der Waals surface area contributed by atoms with Crippen LogP contribution in [0.15, 0.2) is 6.20 Å². The molecule has 3 N–H and O–H groups in total. The zero-order valence-corrected chi connectivity index (χ0v) is 9.57. The molecule has 1 fully saturated rings. The van der Waals surface area contributed by atoms with Crippen molar-refractivity contribution in [3.8, 4) is 0 Å². The number of piperidine rings is 1. The molecule has 1 aliphatic rings. The number of rotatable bonds is 2. The topological polar surface area (TPSA) is 75.0 Å². The molecule has 2 rings (SSSR count). The van der Waals surface area contributed by atoms with Crippen LogP contribution in [0.25, 0.3) is 0 Å². The van der Waals surface area contributed by atoms with E-state index in [1.54, 1.807) is 0 Å². The largest absolute Gasteiger partial charge is 0.396 e. The highest BCUT2D eigenvalue weighted by Gasteiger charge is 2.24. The van der Waals surface area contributed by atoms with Gasteiger partial charge in [0, 0.05) is 13.1 Å². The molecule has 0 bridgehead atoms. The summed E-state index contributed by atoms with van der Waals surface area (Å²) in [5, 5.41) is 6.43. The van der Waals surface area contributed by atoms with Crippen LogP contribution in [0.5, 0.6) is 0 Å². The summed E-state index contributed by atoms with van der Waals surface area (Å²) >= 11 is 0. The highest BCUT2D eigenvalue weighted by Crippen LogP contribution is 2.21. The number of aromatic amines is 1. The van der Waals surface area contributed by atoms with E-state index in [1.807, 2.05) is 4.90 Å². The lowest BCUT2D eigenvalue weighted by atomic mass is 9.94. The fourth-order valence-electron chi connectivity index (χ4n) is 2.17. The second-order valence-electron chi connectivity index (χ2n) is 4.34. The van der Waals surface area contributed by atoms with Crippen LogP contribution in [0.2, 0.25) is 0 Å². The van der Waals surface area contributed by atoms with E-state index < -0.39 is 0 Å². The molecule has 0 unspecified atom stereocenters. The molecule has 5 nitrogen and oxygen atoms in total. The van der Waals surface area contributed by atoms with Gasteiger partial charge in [-0.15, -0.1) is 0 Å². The Morgan fingerprint density at radius 2 is 2.31 bits per heavy atom. The number of carbonyl (C=O) groups excluding carboxylic acids is 1. The quantitative estimate of drug-likeness (QED) is 0.790. The number of amides is 1. The number of hydrogen-bond donors (Lipinski definition) is 2. The van der Waals surface area contributed by atoms with Gasteiger partial charge in [0.1, 0.15) is 5.69 Å². The van der Waals surface area contributed by atoms with Crippen LogP contribution in [0.3, 0.4) is 0 Å². The van der Waals surface area contributed by atoms with Crippen molar-refractivity contribution in [3.05, 3.63) is 11.9 Å². The number of H-pyrrole nitrogens is 1. The number of anilines is 1. The Morgan fingerprint density at radius 3 is 2.81 bits per heavy atom. The van der Waals surface area contributed by atoms with Gasteiger partial charge in [-0.2, -0.15) is 5.10 Å². The predicted octanol–water partition coefficient (Wildman–Crippen LogP) is 1.25. The summed E-state index contributed by atoms with van der Waals surface area (Å²) in [4.78, 5) is 13.9. The lowest BCUT2D eigenvalue weighted by molar-refractivity contribution is 0.0684. The van der Waals surface area contributed by atoms with Gasteiger partial charge in [-0.25, -0.2) is 0 Å². The first-order valence-corrected chi connectivity index (χ1v) is 5.80. The summed E-state index contributed by atoms with van der Waals surface area (Å²) in [5.41, 5.74) is 6.52. The van der Waals surface area contributed by atoms with Crippen LogP contribution in [-0.4, -0.2) is 34.1 Å². The maximum absolute atomic E-state index is 12.1. The first kappa shape index (κ1) is 11.0. The van der Waals surface area contributed by atoms with E-state index in [1.165, 1.54) is 12.6 Å². The molecule has 0 spiro atoms. The van der Waals surface area contributed by atoms with Crippen LogP contribution in [0, 0.1) is 5.92 Å². The minimum Gasteiger partial charge on any atom is -0.396 e. The summed E-state index contributed by atoms with van der Waals surface area (Å²) in [6.07, 6.45) is 4.87. The van der Waals surface area contributed by atoms with Crippen LogP contribution in [-0.2, 0) is 0 Å². The van der Waals surface area contributed by atoms with Crippen molar-refractivity contribution in [2.75, 3.05) is 18.8 Å². The average Bonchev–Trinajstić information content (AvgIpc) is 2.75. The Kier molecular flexibility index (Phi) is 3.12. The minimum atomic E-state index is -0.0236. The van der Waals surface area contributed by atoms with Crippen LogP contribution in [0.4, 0.5) is 5.69 Å². The smallest absolute Gasteiger partial charge is 0.274 e. The van der Waals surface area contributed by atoms with Gasteiger partial charge in [0.05, 0.1) is 11.9 Å². The second kappa shape index (κ2) is 4.55. The van der Waals surface area contributed by atoms with Gasteiger partial charge in [0.15, 0.2) is 0 Å². The molecule has 1 saturated heterocycles. The predicted molar refractivity (Wildman–Crippen MR) is 61.9 cm³/mol. The van der Waals surface area contributed by atoms with Gasteiger partial charge in [-0.1, -0.05) is 13.3 Å². The maximum atomic E-state index is 12.1. The van der Waals surface area contributed by atoms with Gasteiger partial charge >= 0.3 is 0 Å². The number of carbonyl (C=O) groups is 1. The first-order chi connectivity index (χ1) is 7.72. The number of nitrogens with zero attached hydrogens (tertiary/aromatic N) is 2. The number of likely N-dealkylation sites (tertiary alicyclic amines) is 1. The Labute approximate surface area is 95.0 Å². The van der Waals surface area contributed by atoms with Gasteiger partial charge in [0.25, 0.3) is 5.91 Å². The number of nitrogens with two attached hydrogens (primary N) is 1. The van der Waals surface area contributed by atoms with Crippen molar-refractivity contribution in [2.45, 2.75) is 26.2 Å². The van der Waals surface area contributed by atoms with Crippen molar-refractivity contribution in [1.29, 1.82) is 0 Å². The normalized spacial score (nSPS) is 17.7. The molecule has 1 aromatic rings. The summed E-state index contributed by atoms with van der Waals surface area (Å²) in [7, 11) is 0. The van der Waals surface area contributed by atoms with Crippen LogP contribution in [0.1, 0.15) is 36.7 Å². The Morgan fingerprint density at radius 1 is 1.62 bits per heavy atom. The molecular formula is C11H18N4O. The molecule has 88 valence electrons. The van der Waals surface area contributed by atoms with Crippen molar-refractivity contribution < 1.29 is 4.79 Å². The molecule has 0 saturated carbocycles. The molecule has 0 radical (unpaired) electrons. The summed E-state index contributed by atoms with van der Waals surface area (Å²) in [6, 6.07) is 0. The highest BCUT2D eigenvalue weighted by molar-refractivity contribution is 5.97. The molecule has 0 aliphatic carbocycles. The second-order valence-corrected chi connectivity index (χ2v) is 4.34. The van der Waals surface area contributed by atoms with E-state index in [0.29, 0.717) is 11.4 Å². The SMILES string of the molecule is CCC1CCN(C(=O)c2[nH]ncc2N)CC1. The van der Waals surface area contributed by atoms with Crippen molar-refractivity contribution >= 4 is 11.6 Å². The third kappa shape index (κ3) is 2.03. The molecule has 1 aromatic heterocycles. The van der Waals surface area contributed by atoms with Gasteiger partial charge in [-0.3, -0.25) is 9.89 Å². The molecule has 16 heavy (non-hydrogen) atoms. The molecule has 5 heteroatoms. The average molecular weight is 222 g/mol. The number of aromatic nitrogens is 2. The van der Waals surface area contributed by atoms with E-state index in [2.05, 4.69) is 17.1 Å². The molecule has 0 aromatic carbocycles. The lowest BCUT2D eigenvalue weighted by Crippen LogP contribution is -2.38. The third-order valence-corrected chi connectivity index (χ3v) is 3.36. The molecule has 0 atom stereocenters. The number of nitrogens with one attached hydrogen (secondary N) is 1. The van der Waals surface area contributed by atoms with E-state index in [0.717, 1.165) is 31.8 Å². The van der Waals surface area contributed by atoms with Crippen LogP contribution >= 0.6 is 0 Å². The fourth-order valence-corrected chi connectivity index (χ4v) is 2.17. The summed E-state index contributed by atoms with van der Waals surface area (Å²) in [5.74, 6) is 0.743. The molecule has 1 aliphatic heterocycles. The van der Waals surface area contributed by atoms with Gasteiger partial charge in [0.2, 0.25) is 0 Å². The maximum Gasteiger partial charge on any atom is 0.274 e. The Hall–Kier alpha value is -1.52. The Balaban J connectivity index is 2.00. The van der Waals surface area contributed by atoms with Crippen molar-refractivity contribution in [3.63, 3.8) is 0 Å². The number of hydrogen-bond acceptors (Lipinski definition) is 3. The summed E-state index contributed by atoms with van der Waals surface area (Å²) < 4.78 is 0. The third-order valence-electron chi connectivity index (χ3n) is 3.36. The Bertz CT molecular complexity index is 366. The highest BCUT2D eigenvalue weighted by atomic mass is 16.2. The van der Waals surface area contributed by atoms with Crippen molar-refractivity contribution in [1.82, 2.24) is 15.1 Å². The summed E-state index contributed by atoms with van der Waals surface area (Å²) in [6.45, 7) is 3.86. The monoisotopic (exact) mass is 222 g/mol. The molecule has 2 heterocycles. The van der Waals surface area contributed by atoms with E-state index in [-0.39, 0.29) is 5.91 Å². The fraction of sp³-hybridized carbons (Fsp3) is 0.636. The zero-order valence-electron chi connectivity index (χ0n) is 9.57. The lowest BCUT2D eigenvalue weighted by Gasteiger charge is -2.31. The zero-order chi connectivity index (χ0) is 11.5. The minimum absolute atomic E-state index is 0.0236. The standard InChI is InChI=1S/C11H18N4O/c1-2-8-3-5-15(6-4-8)11(16)10-9(12)7-13-14-10/h7-8H,2-6,12H2,1H3,(H,13,14). The number of nitrogen functional groups attached to an aromatic ring is 1. The van der Waals surface area contributed by atoms with E-state index in [9.17, 15) is 4.79 Å².